The first-order valence-corrected chi connectivity index (χ1v) is 7.47. The van der Waals surface area contributed by atoms with Gasteiger partial charge in [-0.3, -0.25) is 20.2 Å². The molecule has 0 atom stereocenters. The monoisotopic (exact) mass is 403 g/mol. The van der Waals surface area contributed by atoms with Gasteiger partial charge in [0, 0.05) is 9.13 Å². The molecule has 1 amide bonds. The number of carbonyl (C=O) groups is 1. The number of nitrogens with zero attached hydrogens (tertiary/aromatic N) is 2. The van der Waals surface area contributed by atoms with Crippen molar-refractivity contribution in [3.8, 4) is 0 Å². The fourth-order valence-corrected chi connectivity index (χ4v) is 3.08. The topological polar surface area (TPSA) is 85.1 Å². The van der Waals surface area contributed by atoms with Crippen LogP contribution in [-0.4, -0.2) is 15.8 Å². The average molecular weight is 403 g/mol. The van der Waals surface area contributed by atoms with Crippen LogP contribution < -0.4 is 5.32 Å². The minimum atomic E-state index is -0.501. The number of nitrogens with one attached hydrogen (secondary N) is 1. The van der Waals surface area contributed by atoms with E-state index in [1.807, 2.05) is 19.1 Å². The number of hydrogen-bond donors (Lipinski definition) is 1. The maximum Gasteiger partial charge on any atom is 0.348 e. The van der Waals surface area contributed by atoms with Crippen molar-refractivity contribution in [2.45, 2.75) is 13.8 Å². The molecule has 0 aliphatic carbocycles. The summed E-state index contributed by atoms with van der Waals surface area (Å²) in [7, 11) is 0. The Morgan fingerprint density at radius 3 is 2.70 bits per heavy atom. The van der Waals surface area contributed by atoms with Gasteiger partial charge in [-0.1, -0.05) is 0 Å². The molecule has 0 saturated carbocycles. The number of aryl methyl sites for hydroxylation is 2. The summed E-state index contributed by atoms with van der Waals surface area (Å²) in [5, 5.41) is 13.5. The second-order valence-corrected chi connectivity index (χ2v) is 6.30. The van der Waals surface area contributed by atoms with Crippen LogP contribution in [0, 0.1) is 27.5 Å². The number of thiazole rings is 1. The number of carbonyl (C=O) groups excluding carboxylic acids is 1. The van der Waals surface area contributed by atoms with E-state index in [-0.39, 0.29) is 16.0 Å². The van der Waals surface area contributed by atoms with Gasteiger partial charge in [0.05, 0.1) is 4.92 Å². The summed E-state index contributed by atoms with van der Waals surface area (Å²) < 4.78 is 1.04. The first kappa shape index (κ1) is 14.9. The zero-order valence-electron chi connectivity index (χ0n) is 10.6. The predicted octanol–water partition coefficient (Wildman–Crippen LogP) is 3.53. The van der Waals surface area contributed by atoms with Crippen molar-refractivity contribution in [1.29, 1.82) is 0 Å². The van der Waals surface area contributed by atoms with E-state index in [2.05, 4.69) is 32.9 Å². The lowest BCUT2D eigenvalue weighted by atomic mass is 10.1. The molecule has 2 aromatic rings. The molecular formula is C12H10IN3O3S. The number of nitro groups is 1. The molecule has 6 nitrogen and oxygen atoms in total. The van der Waals surface area contributed by atoms with Gasteiger partial charge in [-0.25, -0.2) is 4.98 Å². The molecule has 0 radical (unpaired) electrons. The fraction of sp³-hybridized carbons (Fsp3) is 0.167. The molecule has 1 aromatic carbocycles. The highest BCUT2D eigenvalue weighted by Crippen LogP contribution is 2.30. The number of benzene rings is 1. The molecule has 0 spiro atoms. The minimum Gasteiger partial charge on any atom is -0.298 e. The van der Waals surface area contributed by atoms with Gasteiger partial charge in [-0.15, -0.1) is 0 Å². The molecule has 1 N–H and O–H groups in total. The van der Waals surface area contributed by atoms with Crippen LogP contribution in [0.25, 0.3) is 0 Å². The summed E-state index contributed by atoms with van der Waals surface area (Å²) in [6.45, 7) is 3.38. The number of rotatable bonds is 3. The number of anilines is 1. The Balaban J connectivity index is 2.23. The Morgan fingerprint density at radius 1 is 1.45 bits per heavy atom. The largest absolute Gasteiger partial charge is 0.348 e. The van der Waals surface area contributed by atoms with Crippen LogP contribution in [-0.2, 0) is 0 Å². The van der Waals surface area contributed by atoms with E-state index in [9.17, 15) is 14.9 Å². The molecule has 8 heteroatoms. The molecule has 0 aliphatic rings. The van der Waals surface area contributed by atoms with Crippen molar-refractivity contribution in [3.05, 3.63) is 48.7 Å². The van der Waals surface area contributed by atoms with Gasteiger partial charge in [0.2, 0.25) is 0 Å². The van der Waals surface area contributed by atoms with E-state index in [1.54, 1.807) is 13.0 Å². The summed E-state index contributed by atoms with van der Waals surface area (Å²) in [6.07, 6.45) is 0. The summed E-state index contributed by atoms with van der Waals surface area (Å²) in [4.78, 5) is 26.4. The zero-order valence-corrected chi connectivity index (χ0v) is 13.6. The van der Waals surface area contributed by atoms with E-state index in [1.165, 1.54) is 0 Å². The SMILES string of the molecule is Cc1cc(I)ccc1C(=O)Nc1nc(C)c([N+](=O)[O-])s1. The molecular weight excluding hydrogens is 393 g/mol. The van der Waals surface area contributed by atoms with E-state index >= 15 is 0 Å². The van der Waals surface area contributed by atoms with Gasteiger partial charge in [0.15, 0.2) is 5.13 Å². The fourth-order valence-electron chi connectivity index (χ4n) is 1.66. The summed E-state index contributed by atoms with van der Waals surface area (Å²) in [5.74, 6) is -0.317. The van der Waals surface area contributed by atoms with Gasteiger partial charge in [0.1, 0.15) is 5.69 Å². The highest BCUT2D eigenvalue weighted by Gasteiger charge is 2.19. The zero-order chi connectivity index (χ0) is 14.9. The smallest absolute Gasteiger partial charge is 0.298 e. The Morgan fingerprint density at radius 2 is 2.15 bits per heavy atom. The van der Waals surface area contributed by atoms with E-state index in [4.69, 9.17) is 0 Å². The third kappa shape index (κ3) is 3.12. The molecule has 0 aliphatic heterocycles. The van der Waals surface area contributed by atoms with Gasteiger partial charge in [0.25, 0.3) is 5.91 Å². The second-order valence-electron chi connectivity index (χ2n) is 4.08. The molecule has 1 heterocycles. The van der Waals surface area contributed by atoms with Crippen LogP contribution in [0.4, 0.5) is 10.1 Å². The normalized spacial score (nSPS) is 10.3. The first-order chi connectivity index (χ1) is 9.38. The quantitative estimate of drug-likeness (QED) is 0.483. The molecule has 0 saturated heterocycles. The van der Waals surface area contributed by atoms with Gasteiger partial charge in [-0.2, -0.15) is 0 Å². The maximum atomic E-state index is 12.1. The number of aromatic nitrogens is 1. The molecule has 1 aromatic heterocycles. The van der Waals surface area contributed by atoms with Gasteiger partial charge < -0.3 is 0 Å². The Hall–Kier alpha value is -1.55. The lowest BCUT2D eigenvalue weighted by Gasteiger charge is -2.05. The molecule has 20 heavy (non-hydrogen) atoms. The summed E-state index contributed by atoms with van der Waals surface area (Å²) >= 11 is 3.02. The van der Waals surface area contributed by atoms with Crippen LogP contribution in [0.3, 0.4) is 0 Å². The highest BCUT2D eigenvalue weighted by atomic mass is 127. The van der Waals surface area contributed by atoms with Crippen LogP contribution in [0.15, 0.2) is 18.2 Å². The van der Waals surface area contributed by atoms with Gasteiger partial charge in [-0.05, 0) is 71.5 Å². The lowest BCUT2D eigenvalue weighted by Crippen LogP contribution is -2.13. The van der Waals surface area contributed by atoms with Crippen molar-refractivity contribution in [3.63, 3.8) is 0 Å². The first-order valence-electron chi connectivity index (χ1n) is 5.58. The second kappa shape index (κ2) is 5.83. The maximum absolute atomic E-state index is 12.1. The third-order valence-electron chi connectivity index (χ3n) is 2.59. The Kier molecular flexibility index (Phi) is 4.33. The lowest BCUT2D eigenvalue weighted by molar-refractivity contribution is -0.380. The van der Waals surface area contributed by atoms with E-state index in [0.717, 1.165) is 20.5 Å². The van der Waals surface area contributed by atoms with Crippen molar-refractivity contribution < 1.29 is 9.72 Å². The highest BCUT2D eigenvalue weighted by molar-refractivity contribution is 14.1. The van der Waals surface area contributed by atoms with Crippen LogP contribution in [0.5, 0.6) is 0 Å². The molecule has 104 valence electrons. The molecule has 0 bridgehead atoms. The van der Waals surface area contributed by atoms with E-state index in [0.29, 0.717) is 11.3 Å². The molecule has 0 unspecified atom stereocenters. The number of hydrogen-bond acceptors (Lipinski definition) is 5. The van der Waals surface area contributed by atoms with Crippen LogP contribution in [0.1, 0.15) is 21.6 Å². The van der Waals surface area contributed by atoms with Crippen LogP contribution >= 0.6 is 33.9 Å². The Bertz CT molecular complexity index is 699. The standard InChI is InChI=1S/C12H10IN3O3S/c1-6-5-8(13)3-4-9(6)10(17)15-12-14-7(2)11(20-12)16(18)19/h3-5H,1-2H3,(H,14,15,17). The van der Waals surface area contributed by atoms with Gasteiger partial charge >= 0.3 is 5.00 Å². The van der Waals surface area contributed by atoms with E-state index < -0.39 is 4.92 Å². The molecule has 2 rings (SSSR count). The van der Waals surface area contributed by atoms with Crippen LogP contribution in [0.2, 0.25) is 0 Å². The van der Waals surface area contributed by atoms with Crippen molar-refractivity contribution in [2.24, 2.45) is 0 Å². The minimum absolute atomic E-state index is 0.0559. The summed E-state index contributed by atoms with van der Waals surface area (Å²) in [5.41, 5.74) is 1.67. The third-order valence-corrected chi connectivity index (χ3v) is 4.29. The Labute approximate surface area is 132 Å². The number of halogens is 1. The predicted molar refractivity (Wildman–Crippen MR) is 85.4 cm³/mol. The van der Waals surface area contributed by atoms with Crippen molar-refractivity contribution >= 4 is 50.0 Å². The molecule has 0 fully saturated rings. The van der Waals surface area contributed by atoms with Crippen molar-refractivity contribution in [2.75, 3.05) is 5.32 Å². The average Bonchev–Trinajstić information content (AvgIpc) is 2.70. The summed E-state index contributed by atoms with van der Waals surface area (Å²) in [6, 6.07) is 5.45. The van der Waals surface area contributed by atoms with Crippen molar-refractivity contribution in [1.82, 2.24) is 4.98 Å². The number of amides is 1.